The fraction of sp³-hybridized carbons (Fsp3) is 0.154. The number of nitro groups is 1. The number of aliphatic hydroxyl groups is 1. The molecule has 1 unspecified atom stereocenters. The van der Waals surface area contributed by atoms with Crippen molar-refractivity contribution < 1.29 is 33.8 Å². The van der Waals surface area contributed by atoms with Gasteiger partial charge >= 0.3 is 0 Å². The molecule has 0 spiro atoms. The molecule has 10 heteroatoms. The molecule has 0 radical (unpaired) electrons. The van der Waals surface area contributed by atoms with E-state index in [0.717, 1.165) is 0 Å². The molecule has 0 bridgehead atoms. The van der Waals surface area contributed by atoms with Crippen LogP contribution in [-0.4, -0.2) is 35.1 Å². The maximum absolute atomic E-state index is 13.3. The minimum Gasteiger partial charge on any atom is -0.507 e. The van der Waals surface area contributed by atoms with Crippen LogP contribution in [0.2, 0.25) is 0 Å². The summed E-state index contributed by atoms with van der Waals surface area (Å²) in [5.74, 6) is -0.616. The number of anilines is 1. The maximum Gasteiger partial charge on any atom is 0.300 e. The summed E-state index contributed by atoms with van der Waals surface area (Å²) in [6.45, 7) is 2.36. The molecule has 1 amide bonds. The first-order valence-electron chi connectivity index (χ1n) is 11.1. The van der Waals surface area contributed by atoms with E-state index in [4.69, 9.17) is 14.2 Å². The van der Waals surface area contributed by atoms with Crippen molar-refractivity contribution in [1.82, 2.24) is 0 Å². The summed E-state index contributed by atoms with van der Waals surface area (Å²) < 4.78 is 16.3. The predicted molar refractivity (Wildman–Crippen MR) is 128 cm³/mol. The summed E-state index contributed by atoms with van der Waals surface area (Å²) in [6, 6.07) is 15.8. The molecule has 10 nitrogen and oxygen atoms in total. The third kappa shape index (κ3) is 3.88. The molecular formula is C26H20N2O8. The minimum atomic E-state index is -0.976. The number of benzene rings is 3. The van der Waals surface area contributed by atoms with Crippen molar-refractivity contribution in [3.63, 3.8) is 0 Å². The van der Waals surface area contributed by atoms with Gasteiger partial charge in [-0.05, 0) is 48.9 Å². The topological polar surface area (TPSA) is 128 Å². The highest BCUT2D eigenvalue weighted by Crippen LogP contribution is 2.45. The van der Waals surface area contributed by atoms with Crippen molar-refractivity contribution in [3.05, 3.63) is 93.5 Å². The number of ether oxygens (including phenoxy) is 3. The van der Waals surface area contributed by atoms with Crippen LogP contribution in [0.3, 0.4) is 0 Å². The number of nitrogens with zero attached hydrogens (tertiary/aromatic N) is 2. The van der Waals surface area contributed by atoms with Crippen LogP contribution in [0.1, 0.15) is 24.1 Å². The van der Waals surface area contributed by atoms with Gasteiger partial charge in [0.15, 0.2) is 11.5 Å². The number of carbonyl (C=O) groups excluding carboxylic acids is 2. The maximum atomic E-state index is 13.3. The standard InChI is InChI=1S/C26H20N2O8/c1-2-34-19-10-5-15(6-11-19)23-22(24(29)16-3-7-17(8-4-16)28(32)33)25(30)26(31)27(23)18-9-12-20-21(13-18)36-14-35-20/h3-13,23,29H,2,14H2,1H3/b24-22+. The first-order valence-corrected chi connectivity index (χ1v) is 11.1. The van der Waals surface area contributed by atoms with Crippen LogP contribution >= 0.6 is 0 Å². The summed E-state index contributed by atoms with van der Waals surface area (Å²) in [5.41, 5.74) is 0.785. The van der Waals surface area contributed by atoms with Crippen molar-refractivity contribution in [1.29, 1.82) is 0 Å². The molecule has 1 atom stereocenters. The van der Waals surface area contributed by atoms with E-state index < -0.39 is 28.4 Å². The molecule has 2 heterocycles. The molecule has 2 aliphatic rings. The average Bonchev–Trinajstić information content (AvgIpc) is 3.46. The van der Waals surface area contributed by atoms with Crippen LogP contribution in [0.25, 0.3) is 5.76 Å². The third-order valence-corrected chi connectivity index (χ3v) is 5.94. The van der Waals surface area contributed by atoms with E-state index in [9.17, 15) is 24.8 Å². The largest absolute Gasteiger partial charge is 0.507 e. The van der Waals surface area contributed by atoms with Crippen LogP contribution in [0.15, 0.2) is 72.3 Å². The molecule has 1 saturated heterocycles. The number of aliphatic hydroxyl groups excluding tert-OH is 1. The molecule has 3 aromatic rings. The molecule has 2 aliphatic heterocycles. The molecule has 5 rings (SSSR count). The van der Waals surface area contributed by atoms with Gasteiger partial charge in [-0.1, -0.05) is 12.1 Å². The van der Waals surface area contributed by atoms with Crippen molar-refractivity contribution in [2.24, 2.45) is 0 Å². The molecule has 0 aromatic heterocycles. The summed E-state index contributed by atoms with van der Waals surface area (Å²) in [5, 5.41) is 22.2. The van der Waals surface area contributed by atoms with Crippen LogP contribution in [-0.2, 0) is 9.59 Å². The van der Waals surface area contributed by atoms with Gasteiger partial charge in [0, 0.05) is 29.4 Å². The first-order chi connectivity index (χ1) is 17.4. The number of hydrogen-bond donors (Lipinski definition) is 1. The smallest absolute Gasteiger partial charge is 0.300 e. The van der Waals surface area contributed by atoms with Gasteiger partial charge in [0.25, 0.3) is 17.4 Å². The van der Waals surface area contributed by atoms with Crippen LogP contribution in [0.4, 0.5) is 11.4 Å². The number of ketones is 1. The van der Waals surface area contributed by atoms with E-state index in [1.807, 2.05) is 6.92 Å². The second-order valence-electron chi connectivity index (χ2n) is 8.01. The quantitative estimate of drug-likeness (QED) is 0.178. The molecule has 1 fully saturated rings. The first kappa shape index (κ1) is 22.9. The Bertz CT molecular complexity index is 1400. The number of non-ortho nitro benzene ring substituents is 1. The van der Waals surface area contributed by atoms with Gasteiger partial charge in [0.05, 0.1) is 23.1 Å². The van der Waals surface area contributed by atoms with Gasteiger partial charge < -0.3 is 19.3 Å². The molecule has 0 aliphatic carbocycles. The van der Waals surface area contributed by atoms with Crippen LogP contribution in [0.5, 0.6) is 17.2 Å². The zero-order valence-corrected chi connectivity index (χ0v) is 19.0. The number of hydrogen-bond acceptors (Lipinski definition) is 8. The van der Waals surface area contributed by atoms with Gasteiger partial charge in [-0.3, -0.25) is 24.6 Å². The normalized spacial score (nSPS) is 17.9. The lowest BCUT2D eigenvalue weighted by atomic mass is 9.95. The molecule has 36 heavy (non-hydrogen) atoms. The van der Waals surface area contributed by atoms with Crippen LogP contribution in [0, 0.1) is 10.1 Å². The van der Waals surface area contributed by atoms with Gasteiger partial charge in [0.2, 0.25) is 6.79 Å². The summed E-state index contributed by atoms with van der Waals surface area (Å²) in [6.07, 6.45) is 0. The van der Waals surface area contributed by atoms with E-state index >= 15 is 0 Å². The Hall–Kier alpha value is -4.86. The summed E-state index contributed by atoms with van der Waals surface area (Å²) in [7, 11) is 0. The van der Waals surface area contributed by atoms with Gasteiger partial charge in [0.1, 0.15) is 11.5 Å². The fourth-order valence-electron chi connectivity index (χ4n) is 4.26. The highest BCUT2D eigenvalue weighted by molar-refractivity contribution is 6.51. The molecule has 3 aromatic carbocycles. The van der Waals surface area contributed by atoms with Crippen LogP contribution < -0.4 is 19.1 Å². The Kier molecular flexibility index (Phi) is 5.77. The highest BCUT2D eigenvalue weighted by atomic mass is 16.7. The molecule has 182 valence electrons. The third-order valence-electron chi connectivity index (χ3n) is 5.94. The highest BCUT2D eigenvalue weighted by Gasteiger charge is 2.47. The Balaban J connectivity index is 1.66. The lowest BCUT2D eigenvalue weighted by Crippen LogP contribution is -2.29. The number of nitro benzene ring substituents is 1. The van der Waals surface area contributed by atoms with E-state index in [0.29, 0.717) is 35.1 Å². The second kappa shape index (κ2) is 9.06. The zero-order valence-electron chi connectivity index (χ0n) is 19.0. The zero-order chi connectivity index (χ0) is 25.4. The Morgan fingerprint density at radius 3 is 2.42 bits per heavy atom. The lowest BCUT2D eigenvalue weighted by molar-refractivity contribution is -0.384. The number of amides is 1. The van der Waals surface area contributed by atoms with Gasteiger partial charge in [-0.2, -0.15) is 0 Å². The predicted octanol–water partition coefficient (Wildman–Crippen LogP) is 4.35. The summed E-state index contributed by atoms with van der Waals surface area (Å²) >= 11 is 0. The minimum absolute atomic E-state index is 0.0417. The fourth-order valence-corrected chi connectivity index (χ4v) is 4.26. The average molecular weight is 488 g/mol. The van der Waals surface area contributed by atoms with E-state index in [-0.39, 0.29) is 23.6 Å². The molecule has 1 N–H and O–H groups in total. The SMILES string of the molecule is CCOc1ccc(C2/C(=C(\O)c3ccc([N+](=O)[O-])cc3)C(=O)C(=O)N2c2ccc3c(c2)OCO3)cc1. The molecular weight excluding hydrogens is 468 g/mol. The van der Waals surface area contributed by atoms with Gasteiger partial charge in [-0.15, -0.1) is 0 Å². The van der Waals surface area contributed by atoms with Crippen molar-refractivity contribution in [2.45, 2.75) is 13.0 Å². The number of rotatable bonds is 6. The van der Waals surface area contributed by atoms with Crippen molar-refractivity contribution >= 4 is 28.8 Å². The van der Waals surface area contributed by atoms with Gasteiger partial charge in [-0.25, -0.2) is 0 Å². The van der Waals surface area contributed by atoms with E-state index in [1.54, 1.807) is 42.5 Å². The molecule has 0 saturated carbocycles. The number of fused-ring (bicyclic) bond motifs is 1. The Labute approximate surface area is 205 Å². The second-order valence-corrected chi connectivity index (χ2v) is 8.01. The number of carbonyl (C=O) groups is 2. The van der Waals surface area contributed by atoms with Crippen molar-refractivity contribution in [2.75, 3.05) is 18.3 Å². The lowest BCUT2D eigenvalue weighted by Gasteiger charge is -2.25. The monoisotopic (exact) mass is 488 g/mol. The summed E-state index contributed by atoms with van der Waals surface area (Å²) in [4.78, 5) is 38.3. The van der Waals surface area contributed by atoms with Crippen molar-refractivity contribution in [3.8, 4) is 17.2 Å². The number of Topliss-reactive ketones (excluding diaryl/α,β-unsaturated/α-hetero) is 1. The van der Waals surface area contributed by atoms with E-state index in [2.05, 4.69) is 0 Å². The van der Waals surface area contributed by atoms with E-state index in [1.165, 1.54) is 29.2 Å². The Morgan fingerprint density at radius 1 is 1.06 bits per heavy atom. The Morgan fingerprint density at radius 2 is 1.75 bits per heavy atom.